The smallest absolute Gasteiger partial charge is 0.0703 e. The van der Waals surface area contributed by atoms with Gasteiger partial charge in [0.05, 0.1) is 5.60 Å². The average molecular weight is 168 g/mol. The van der Waals surface area contributed by atoms with E-state index >= 15 is 0 Å². The van der Waals surface area contributed by atoms with E-state index in [0.717, 1.165) is 25.0 Å². The summed E-state index contributed by atoms with van der Waals surface area (Å²) in [4.78, 5) is 0. The van der Waals surface area contributed by atoms with Crippen LogP contribution in [0.4, 0.5) is 0 Å². The van der Waals surface area contributed by atoms with Crippen molar-refractivity contribution in [3.05, 3.63) is 0 Å². The first kappa shape index (κ1) is 8.05. The molecule has 0 aromatic rings. The number of aliphatic hydroxyl groups is 1. The molecular formula is C9H16N2O. The molecule has 0 aliphatic heterocycles. The number of nitrogens with zero attached hydrogens (tertiary/aromatic N) is 1. The molecule has 0 spiro atoms. The van der Waals surface area contributed by atoms with Gasteiger partial charge in [0.1, 0.15) is 0 Å². The van der Waals surface area contributed by atoms with Crippen LogP contribution in [0.3, 0.4) is 0 Å². The molecule has 68 valence electrons. The number of rotatable bonds is 0. The highest BCUT2D eigenvalue weighted by Gasteiger charge is 2.39. The lowest BCUT2D eigenvalue weighted by Gasteiger charge is -2.41. The van der Waals surface area contributed by atoms with Crippen LogP contribution >= 0.6 is 0 Å². The van der Waals surface area contributed by atoms with E-state index in [-0.39, 0.29) is 0 Å². The van der Waals surface area contributed by atoms with Gasteiger partial charge in [-0.2, -0.15) is 5.10 Å². The fourth-order valence-electron chi connectivity index (χ4n) is 2.68. The molecule has 0 radical (unpaired) electrons. The molecule has 3 N–H and O–H groups in total. The predicted octanol–water partition coefficient (Wildman–Crippen LogP) is 1.02. The predicted molar refractivity (Wildman–Crippen MR) is 47.8 cm³/mol. The van der Waals surface area contributed by atoms with Gasteiger partial charge in [0.2, 0.25) is 0 Å². The molecule has 2 bridgehead atoms. The van der Waals surface area contributed by atoms with Crippen LogP contribution in [0, 0.1) is 5.92 Å². The molecule has 12 heavy (non-hydrogen) atoms. The zero-order valence-electron chi connectivity index (χ0n) is 7.29. The summed E-state index contributed by atoms with van der Waals surface area (Å²) in [6.45, 7) is 0. The van der Waals surface area contributed by atoms with Gasteiger partial charge in [-0.1, -0.05) is 6.42 Å². The summed E-state index contributed by atoms with van der Waals surface area (Å²) >= 11 is 0. The molecule has 3 nitrogen and oxygen atoms in total. The van der Waals surface area contributed by atoms with Gasteiger partial charge in [0, 0.05) is 12.1 Å². The highest BCUT2D eigenvalue weighted by Crippen LogP contribution is 2.41. The minimum atomic E-state index is -0.459. The minimum Gasteiger partial charge on any atom is -0.389 e. The third-order valence-corrected chi connectivity index (χ3v) is 3.16. The summed E-state index contributed by atoms with van der Waals surface area (Å²) in [5.41, 5.74) is 0.549. The van der Waals surface area contributed by atoms with Crippen LogP contribution in [-0.2, 0) is 0 Å². The molecule has 2 aliphatic carbocycles. The van der Waals surface area contributed by atoms with Crippen molar-refractivity contribution < 1.29 is 5.11 Å². The first-order valence-electron chi connectivity index (χ1n) is 4.70. The summed E-state index contributed by atoms with van der Waals surface area (Å²) in [6, 6.07) is 0. The van der Waals surface area contributed by atoms with Crippen LogP contribution in [0.1, 0.15) is 38.5 Å². The average Bonchev–Trinajstić information content (AvgIpc) is 2.02. The quantitative estimate of drug-likeness (QED) is 0.419. The summed E-state index contributed by atoms with van der Waals surface area (Å²) in [5, 5.41) is 13.8. The maximum absolute atomic E-state index is 10.1. The zero-order chi connectivity index (χ0) is 8.60. The van der Waals surface area contributed by atoms with E-state index in [9.17, 15) is 5.11 Å². The SMILES string of the molecule is N/N=C1\C[C@@H]2CCC[C@](O)(C1)C2. The number of nitrogens with two attached hydrogens (primary N) is 1. The number of hydrazone groups is 1. The number of fused-ring (bicyclic) bond motifs is 2. The van der Waals surface area contributed by atoms with Gasteiger partial charge in [-0.15, -0.1) is 0 Å². The molecule has 2 atom stereocenters. The van der Waals surface area contributed by atoms with E-state index in [1.165, 1.54) is 12.8 Å². The van der Waals surface area contributed by atoms with Crippen molar-refractivity contribution in [2.45, 2.75) is 44.1 Å². The van der Waals surface area contributed by atoms with Crippen molar-refractivity contribution in [3.63, 3.8) is 0 Å². The van der Waals surface area contributed by atoms with Gasteiger partial charge < -0.3 is 10.9 Å². The van der Waals surface area contributed by atoms with Crippen molar-refractivity contribution in [1.82, 2.24) is 0 Å². The lowest BCUT2D eigenvalue weighted by molar-refractivity contribution is -0.0180. The first-order chi connectivity index (χ1) is 5.72. The fraction of sp³-hybridized carbons (Fsp3) is 0.889. The van der Waals surface area contributed by atoms with Gasteiger partial charge in [-0.05, 0) is 31.6 Å². The Bertz CT molecular complexity index is 215. The maximum atomic E-state index is 10.1. The monoisotopic (exact) mass is 168 g/mol. The molecule has 0 aromatic carbocycles. The normalized spacial score (nSPS) is 44.8. The largest absolute Gasteiger partial charge is 0.389 e. The molecule has 0 aromatic heterocycles. The highest BCUT2D eigenvalue weighted by molar-refractivity contribution is 5.86. The van der Waals surface area contributed by atoms with E-state index in [2.05, 4.69) is 5.10 Å². The topological polar surface area (TPSA) is 58.6 Å². The van der Waals surface area contributed by atoms with E-state index in [1.54, 1.807) is 0 Å². The van der Waals surface area contributed by atoms with Gasteiger partial charge in [0.25, 0.3) is 0 Å². The fourth-order valence-corrected chi connectivity index (χ4v) is 2.68. The summed E-state index contributed by atoms with van der Waals surface area (Å²) in [5.74, 6) is 5.88. The second kappa shape index (κ2) is 2.73. The third kappa shape index (κ3) is 1.33. The molecule has 2 fully saturated rings. The van der Waals surface area contributed by atoms with Crippen LogP contribution in [0.2, 0.25) is 0 Å². The first-order valence-corrected chi connectivity index (χ1v) is 4.70. The lowest BCUT2D eigenvalue weighted by atomic mass is 9.68. The third-order valence-electron chi connectivity index (χ3n) is 3.16. The van der Waals surface area contributed by atoms with Crippen molar-refractivity contribution in [2.24, 2.45) is 16.9 Å². The molecule has 2 rings (SSSR count). The van der Waals surface area contributed by atoms with Crippen LogP contribution < -0.4 is 5.84 Å². The minimum absolute atomic E-state index is 0.459. The second-order valence-corrected chi connectivity index (χ2v) is 4.26. The van der Waals surface area contributed by atoms with Gasteiger partial charge >= 0.3 is 0 Å². The van der Waals surface area contributed by atoms with Crippen molar-refractivity contribution in [2.75, 3.05) is 0 Å². The highest BCUT2D eigenvalue weighted by atomic mass is 16.3. The molecule has 0 unspecified atom stereocenters. The molecule has 3 heteroatoms. The molecule has 0 heterocycles. The van der Waals surface area contributed by atoms with Gasteiger partial charge in [0.15, 0.2) is 0 Å². The van der Waals surface area contributed by atoms with E-state index < -0.39 is 5.60 Å². The second-order valence-electron chi connectivity index (χ2n) is 4.26. The number of hydrogen-bond acceptors (Lipinski definition) is 3. The summed E-state index contributed by atoms with van der Waals surface area (Å²) in [7, 11) is 0. The van der Waals surface area contributed by atoms with E-state index in [1.807, 2.05) is 0 Å². The molecular weight excluding hydrogens is 152 g/mol. The van der Waals surface area contributed by atoms with Crippen molar-refractivity contribution >= 4 is 5.71 Å². The Balaban J connectivity index is 2.15. The van der Waals surface area contributed by atoms with Crippen LogP contribution in [0.25, 0.3) is 0 Å². The summed E-state index contributed by atoms with van der Waals surface area (Å²) in [6.07, 6.45) is 6.02. The summed E-state index contributed by atoms with van der Waals surface area (Å²) < 4.78 is 0. The van der Waals surface area contributed by atoms with E-state index in [0.29, 0.717) is 12.3 Å². The van der Waals surface area contributed by atoms with Crippen LogP contribution in [0.15, 0.2) is 5.10 Å². The Labute approximate surface area is 72.6 Å². The maximum Gasteiger partial charge on any atom is 0.0703 e. The Hall–Kier alpha value is -0.570. The van der Waals surface area contributed by atoms with Crippen molar-refractivity contribution in [1.29, 1.82) is 0 Å². The lowest BCUT2D eigenvalue weighted by Crippen LogP contribution is -2.42. The molecule has 2 aliphatic rings. The molecule has 0 saturated heterocycles. The number of hydrogen-bond donors (Lipinski definition) is 2. The van der Waals surface area contributed by atoms with Gasteiger partial charge in [-0.3, -0.25) is 0 Å². The van der Waals surface area contributed by atoms with E-state index in [4.69, 9.17) is 5.84 Å². The molecule has 0 amide bonds. The van der Waals surface area contributed by atoms with Crippen LogP contribution in [0.5, 0.6) is 0 Å². The molecule has 2 saturated carbocycles. The van der Waals surface area contributed by atoms with Gasteiger partial charge in [-0.25, -0.2) is 0 Å². The zero-order valence-corrected chi connectivity index (χ0v) is 7.29. The Kier molecular flexibility index (Phi) is 1.83. The standard InChI is InChI=1S/C9H16N2O/c10-11-8-4-7-2-1-3-9(12,5-7)6-8/h7,12H,1-6,10H2/b11-8+/t7-,9+/m0/s1. The Morgan fingerprint density at radius 1 is 1.58 bits per heavy atom. The van der Waals surface area contributed by atoms with Crippen LogP contribution in [-0.4, -0.2) is 16.4 Å². The Morgan fingerprint density at radius 2 is 2.42 bits per heavy atom. The Morgan fingerprint density at radius 3 is 3.08 bits per heavy atom. The van der Waals surface area contributed by atoms with Crippen molar-refractivity contribution in [3.8, 4) is 0 Å².